The van der Waals surface area contributed by atoms with Crippen LogP contribution in [0.25, 0.3) is 0 Å². The first-order chi connectivity index (χ1) is 10.3. The fourth-order valence-corrected chi connectivity index (χ4v) is 3.47. The van der Waals surface area contributed by atoms with Crippen molar-refractivity contribution in [1.82, 2.24) is 10.0 Å². The van der Waals surface area contributed by atoms with Gasteiger partial charge < -0.3 is 10.1 Å². The van der Waals surface area contributed by atoms with E-state index in [0.717, 1.165) is 18.2 Å². The van der Waals surface area contributed by atoms with Crippen LogP contribution in [0.2, 0.25) is 0 Å². The summed E-state index contributed by atoms with van der Waals surface area (Å²) in [5.41, 5.74) is -1.17. The monoisotopic (exact) mass is 374 g/mol. The third-order valence-electron chi connectivity index (χ3n) is 3.25. The largest absolute Gasteiger partial charge is 0.417 e. The van der Waals surface area contributed by atoms with E-state index < -0.39 is 26.7 Å². The lowest BCUT2D eigenvalue weighted by Gasteiger charge is -2.17. The molecule has 0 aromatic heterocycles. The second-order valence-corrected chi connectivity index (χ2v) is 6.73. The van der Waals surface area contributed by atoms with Gasteiger partial charge in [-0.1, -0.05) is 12.1 Å². The van der Waals surface area contributed by atoms with E-state index in [9.17, 15) is 21.6 Å². The number of alkyl halides is 3. The summed E-state index contributed by atoms with van der Waals surface area (Å²) in [4.78, 5) is -0.759. The molecule has 1 aliphatic heterocycles. The summed E-state index contributed by atoms with van der Waals surface area (Å²) < 4.78 is 70.5. The predicted octanol–water partition coefficient (Wildman–Crippen LogP) is 1.64. The topological polar surface area (TPSA) is 67.4 Å². The van der Waals surface area contributed by atoms with Gasteiger partial charge in [0.2, 0.25) is 10.0 Å². The zero-order valence-electron chi connectivity index (χ0n) is 12.1. The molecule has 1 heterocycles. The molecule has 10 heteroatoms. The standard InChI is InChI=1S/C13H17F3N2O3S.ClH/c14-13(15,16)11-3-1-2-4-12(11)22(19,20)18-8-10-7-17-5-6-21-9-10;/h1-4,10,17-18H,5-9H2;1H. The number of halogens is 4. The maximum Gasteiger partial charge on any atom is 0.417 e. The number of benzene rings is 1. The average Bonchev–Trinajstić information content (AvgIpc) is 2.73. The van der Waals surface area contributed by atoms with Gasteiger partial charge >= 0.3 is 6.18 Å². The quantitative estimate of drug-likeness (QED) is 0.840. The highest BCUT2D eigenvalue weighted by atomic mass is 35.5. The molecular weight excluding hydrogens is 357 g/mol. The van der Waals surface area contributed by atoms with E-state index >= 15 is 0 Å². The van der Waals surface area contributed by atoms with Crippen molar-refractivity contribution in [3.8, 4) is 0 Å². The van der Waals surface area contributed by atoms with Gasteiger partial charge in [-0.2, -0.15) is 13.2 Å². The van der Waals surface area contributed by atoms with Crippen molar-refractivity contribution < 1.29 is 26.3 Å². The molecule has 23 heavy (non-hydrogen) atoms. The summed E-state index contributed by atoms with van der Waals surface area (Å²) in [6.07, 6.45) is -4.72. The minimum absolute atomic E-state index is 0. The fraction of sp³-hybridized carbons (Fsp3) is 0.538. The van der Waals surface area contributed by atoms with Crippen molar-refractivity contribution in [2.24, 2.45) is 5.92 Å². The number of hydrogen-bond acceptors (Lipinski definition) is 4. The molecule has 2 rings (SSSR count). The molecule has 0 saturated carbocycles. The summed E-state index contributed by atoms with van der Waals surface area (Å²) in [6.45, 7) is 2.11. The van der Waals surface area contributed by atoms with E-state index in [1.54, 1.807) is 0 Å². The summed E-state index contributed by atoms with van der Waals surface area (Å²) in [5.74, 6) is -0.129. The van der Waals surface area contributed by atoms with Crippen LogP contribution in [0.1, 0.15) is 5.56 Å². The zero-order chi connectivity index (χ0) is 16.2. The Bertz CT molecular complexity index is 603. The predicted molar refractivity (Wildman–Crippen MR) is 81.1 cm³/mol. The lowest BCUT2D eigenvalue weighted by molar-refractivity contribution is -0.139. The third kappa shape index (κ3) is 5.61. The highest BCUT2D eigenvalue weighted by Crippen LogP contribution is 2.33. The molecule has 1 saturated heterocycles. The van der Waals surface area contributed by atoms with Crippen molar-refractivity contribution in [3.05, 3.63) is 29.8 Å². The Balaban J connectivity index is 0.00000264. The highest BCUT2D eigenvalue weighted by Gasteiger charge is 2.36. The van der Waals surface area contributed by atoms with Crippen LogP contribution in [0.15, 0.2) is 29.2 Å². The Kier molecular flexibility index (Phi) is 7.28. The maximum absolute atomic E-state index is 12.9. The minimum Gasteiger partial charge on any atom is -0.380 e. The number of hydrogen-bond donors (Lipinski definition) is 2. The van der Waals surface area contributed by atoms with Crippen LogP contribution in [0.3, 0.4) is 0 Å². The Labute approximate surface area is 139 Å². The molecule has 132 valence electrons. The Morgan fingerprint density at radius 2 is 2.00 bits per heavy atom. The van der Waals surface area contributed by atoms with Gasteiger partial charge in [-0.15, -0.1) is 12.4 Å². The summed E-state index contributed by atoms with van der Waals surface area (Å²) in [6, 6.07) is 4.13. The first kappa shape index (κ1) is 20.2. The van der Waals surface area contributed by atoms with Gasteiger partial charge in [0.25, 0.3) is 0 Å². The molecule has 0 bridgehead atoms. The van der Waals surface area contributed by atoms with E-state index in [2.05, 4.69) is 10.0 Å². The lowest BCUT2D eigenvalue weighted by Crippen LogP contribution is -2.35. The van der Waals surface area contributed by atoms with Gasteiger partial charge in [-0.25, -0.2) is 13.1 Å². The molecule has 1 aromatic carbocycles. The molecule has 0 radical (unpaired) electrons. The molecule has 1 atom stereocenters. The van der Waals surface area contributed by atoms with Crippen molar-refractivity contribution in [1.29, 1.82) is 0 Å². The van der Waals surface area contributed by atoms with E-state index in [0.29, 0.717) is 26.3 Å². The summed E-state index contributed by atoms with van der Waals surface area (Å²) in [7, 11) is -4.24. The Morgan fingerprint density at radius 1 is 1.30 bits per heavy atom. The Morgan fingerprint density at radius 3 is 2.70 bits per heavy atom. The lowest BCUT2D eigenvalue weighted by atomic mass is 10.2. The normalized spacial score (nSPS) is 19.7. The van der Waals surface area contributed by atoms with E-state index in [1.807, 2.05) is 0 Å². The summed E-state index contributed by atoms with van der Waals surface area (Å²) in [5, 5.41) is 3.07. The molecule has 1 aromatic rings. The van der Waals surface area contributed by atoms with Crippen LogP contribution < -0.4 is 10.0 Å². The van der Waals surface area contributed by atoms with Crippen LogP contribution in [0, 0.1) is 5.92 Å². The molecule has 1 unspecified atom stereocenters. The van der Waals surface area contributed by atoms with Gasteiger partial charge in [0, 0.05) is 25.6 Å². The first-order valence-electron chi connectivity index (χ1n) is 6.75. The number of sulfonamides is 1. The Hall–Kier alpha value is -0.870. The van der Waals surface area contributed by atoms with Crippen molar-refractivity contribution in [3.63, 3.8) is 0 Å². The van der Waals surface area contributed by atoms with E-state index in [1.165, 1.54) is 6.07 Å². The number of nitrogens with one attached hydrogen (secondary N) is 2. The van der Waals surface area contributed by atoms with E-state index in [4.69, 9.17) is 4.74 Å². The number of ether oxygens (including phenoxy) is 1. The molecule has 5 nitrogen and oxygen atoms in total. The minimum atomic E-state index is -4.72. The highest BCUT2D eigenvalue weighted by molar-refractivity contribution is 7.89. The molecule has 1 aliphatic rings. The zero-order valence-corrected chi connectivity index (χ0v) is 13.7. The van der Waals surface area contributed by atoms with Crippen LogP contribution in [-0.4, -0.2) is 41.3 Å². The molecule has 1 fully saturated rings. The van der Waals surface area contributed by atoms with Crippen LogP contribution >= 0.6 is 12.4 Å². The third-order valence-corrected chi connectivity index (χ3v) is 4.74. The second kappa shape index (κ2) is 8.29. The first-order valence-corrected chi connectivity index (χ1v) is 8.23. The molecule has 2 N–H and O–H groups in total. The molecule has 0 amide bonds. The summed E-state index contributed by atoms with van der Waals surface area (Å²) >= 11 is 0. The van der Waals surface area contributed by atoms with Crippen molar-refractivity contribution >= 4 is 22.4 Å². The van der Waals surface area contributed by atoms with Crippen LogP contribution in [-0.2, 0) is 20.9 Å². The molecular formula is C13H18ClF3N2O3S. The molecule has 0 aliphatic carbocycles. The van der Waals surface area contributed by atoms with Gasteiger partial charge in [0.1, 0.15) is 0 Å². The SMILES string of the molecule is Cl.O=S(=O)(NCC1CNCCOC1)c1ccccc1C(F)(F)F. The van der Waals surface area contributed by atoms with Gasteiger partial charge in [0.15, 0.2) is 0 Å². The van der Waals surface area contributed by atoms with Crippen molar-refractivity contribution in [2.45, 2.75) is 11.1 Å². The van der Waals surface area contributed by atoms with Gasteiger partial charge in [-0.3, -0.25) is 0 Å². The van der Waals surface area contributed by atoms with Crippen molar-refractivity contribution in [2.75, 3.05) is 32.8 Å². The van der Waals surface area contributed by atoms with E-state index in [-0.39, 0.29) is 24.9 Å². The smallest absolute Gasteiger partial charge is 0.380 e. The fourth-order valence-electron chi connectivity index (χ4n) is 2.13. The molecule has 0 spiro atoms. The van der Waals surface area contributed by atoms with Crippen LogP contribution in [0.5, 0.6) is 0 Å². The maximum atomic E-state index is 12.9. The number of rotatable bonds is 4. The van der Waals surface area contributed by atoms with Gasteiger partial charge in [-0.05, 0) is 12.1 Å². The van der Waals surface area contributed by atoms with Crippen LogP contribution in [0.4, 0.5) is 13.2 Å². The van der Waals surface area contributed by atoms with Gasteiger partial charge in [0.05, 0.1) is 23.7 Å². The second-order valence-electron chi connectivity index (χ2n) is 4.99. The average molecular weight is 375 g/mol.